The summed E-state index contributed by atoms with van der Waals surface area (Å²) in [7, 11) is 0. The lowest BCUT2D eigenvalue weighted by molar-refractivity contribution is 0.140. The summed E-state index contributed by atoms with van der Waals surface area (Å²) in [5, 5.41) is 0. The molecule has 7 rings (SSSR count). The zero-order valence-electron chi connectivity index (χ0n) is 25.0. The largest absolute Gasteiger partial charge is 0.103 e. The van der Waals surface area contributed by atoms with Crippen molar-refractivity contribution in [3.8, 4) is 0 Å². The average molecular weight is 529 g/mol. The minimum Gasteiger partial charge on any atom is -0.103 e. The van der Waals surface area contributed by atoms with E-state index in [9.17, 15) is 0 Å². The summed E-state index contributed by atoms with van der Waals surface area (Å²) in [4.78, 5) is 0. The molecule has 0 spiro atoms. The fourth-order valence-electron chi connectivity index (χ4n) is 10.4. The van der Waals surface area contributed by atoms with Gasteiger partial charge >= 0.3 is 0 Å². The molecule has 0 aromatic rings. The van der Waals surface area contributed by atoms with Crippen molar-refractivity contribution in [2.45, 2.75) is 90.9 Å². The van der Waals surface area contributed by atoms with E-state index in [4.69, 9.17) is 0 Å². The van der Waals surface area contributed by atoms with Crippen molar-refractivity contribution >= 4 is 0 Å². The van der Waals surface area contributed by atoms with E-state index in [1.807, 2.05) is 22.3 Å². The van der Waals surface area contributed by atoms with Gasteiger partial charge in [-0.1, -0.05) is 69.2 Å². The highest BCUT2D eigenvalue weighted by atomic mass is 14.6. The molecule has 0 heteroatoms. The van der Waals surface area contributed by atoms with Gasteiger partial charge in [0.15, 0.2) is 0 Å². The molecule has 0 bridgehead atoms. The number of hydrogen-bond acceptors (Lipinski definition) is 0. The summed E-state index contributed by atoms with van der Waals surface area (Å²) in [6.45, 7) is 12.9. The van der Waals surface area contributed by atoms with Crippen LogP contribution in [-0.4, -0.2) is 0 Å². The first-order valence-electron chi connectivity index (χ1n) is 16.6. The molecule has 0 aromatic heterocycles. The summed E-state index contributed by atoms with van der Waals surface area (Å²) in [6, 6.07) is 0. The Labute approximate surface area is 243 Å². The third kappa shape index (κ3) is 4.26. The van der Waals surface area contributed by atoms with Gasteiger partial charge in [0.2, 0.25) is 0 Å². The maximum Gasteiger partial charge on any atom is 0.0137 e. The molecule has 7 aliphatic rings. The van der Waals surface area contributed by atoms with Crippen LogP contribution in [0.25, 0.3) is 0 Å². The topological polar surface area (TPSA) is 0 Å². The van der Waals surface area contributed by atoms with Crippen LogP contribution in [0.4, 0.5) is 0 Å². The fraction of sp³-hybridized carbons (Fsp3) is 0.550. The predicted molar refractivity (Wildman–Crippen MR) is 168 cm³/mol. The van der Waals surface area contributed by atoms with Gasteiger partial charge in [-0.2, -0.15) is 0 Å². The standard InChI is InChI=1S/C40H48/c1-5-7-8-30-18-20-34-36-24-22-32(29-15-11-26(4)12-16-29)38-31(28-13-9-25(3)10-14-28)21-23-35(40(36)38)33-19-17-27(6-2)37(30)39(33)34/h5-6,9,11,13,15,27,30-36H,1-2,7-8,12,16-24H2,3-4H3. The van der Waals surface area contributed by atoms with Crippen LogP contribution < -0.4 is 0 Å². The van der Waals surface area contributed by atoms with Crippen LogP contribution in [-0.2, 0) is 0 Å². The van der Waals surface area contributed by atoms with Crippen LogP contribution in [0.2, 0.25) is 0 Å². The Morgan fingerprint density at radius 2 is 1.43 bits per heavy atom. The molecule has 0 aliphatic heterocycles. The molecule has 0 saturated heterocycles. The van der Waals surface area contributed by atoms with Crippen molar-refractivity contribution in [2.24, 2.45) is 47.3 Å². The van der Waals surface area contributed by atoms with Crippen molar-refractivity contribution in [2.75, 3.05) is 0 Å². The van der Waals surface area contributed by atoms with Crippen molar-refractivity contribution < 1.29 is 0 Å². The van der Waals surface area contributed by atoms with Gasteiger partial charge in [0.1, 0.15) is 0 Å². The Morgan fingerprint density at radius 1 is 0.725 bits per heavy atom. The first-order chi connectivity index (χ1) is 19.6. The molecule has 0 N–H and O–H groups in total. The molecule has 0 radical (unpaired) electrons. The van der Waals surface area contributed by atoms with E-state index in [2.05, 4.69) is 74.9 Å². The number of allylic oxidation sites excluding steroid dienone is 14. The Kier molecular flexibility index (Phi) is 7.06. The molecule has 0 aromatic carbocycles. The zero-order valence-corrected chi connectivity index (χ0v) is 25.0. The van der Waals surface area contributed by atoms with Gasteiger partial charge in [-0.3, -0.25) is 0 Å². The van der Waals surface area contributed by atoms with Gasteiger partial charge < -0.3 is 0 Å². The SMILES string of the molecule is C=CCCC1CCC2C3=C1C(C=C)CCC3C1CCC(C3=C=C=C(C)C=C3)C3=C1C2CCC3C1=CC=C(C)CC1. The second-order valence-corrected chi connectivity index (χ2v) is 14.0. The molecule has 40 heavy (non-hydrogen) atoms. The number of hydrogen-bond donors (Lipinski definition) is 0. The Hall–Kier alpha value is -2.52. The molecule has 8 unspecified atom stereocenters. The molecule has 1 saturated carbocycles. The molecular formula is C40H48. The van der Waals surface area contributed by atoms with E-state index in [1.165, 1.54) is 81.8 Å². The Balaban J connectivity index is 1.39. The van der Waals surface area contributed by atoms with E-state index in [0.29, 0.717) is 17.8 Å². The average Bonchev–Trinajstić information content (AvgIpc) is 2.99. The first-order valence-corrected chi connectivity index (χ1v) is 16.6. The van der Waals surface area contributed by atoms with Gasteiger partial charge in [-0.15, -0.1) is 13.2 Å². The number of fused-ring (bicyclic) bond motifs is 2. The molecule has 0 nitrogen and oxygen atoms in total. The fourth-order valence-corrected chi connectivity index (χ4v) is 10.4. The van der Waals surface area contributed by atoms with Gasteiger partial charge in [0.05, 0.1) is 0 Å². The normalized spacial score (nSPS) is 38.0. The molecule has 0 heterocycles. The van der Waals surface area contributed by atoms with Gasteiger partial charge in [0.25, 0.3) is 0 Å². The molecule has 7 aliphatic carbocycles. The van der Waals surface area contributed by atoms with E-state index < -0.39 is 0 Å². The van der Waals surface area contributed by atoms with Crippen molar-refractivity contribution in [3.63, 3.8) is 0 Å². The summed E-state index contributed by atoms with van der Waals surface area (Å²) in [5.41, 5.74) is 20.6. The second-order valence-electron chi connectivity index (χ2n) is 14.0. The lowest BCUT2D eigenvalue weighted by Crippen LogP contribution is -2.47. The highest BCUT2D eigenvalue weighted by Gasteiger charge is 2.54. The summed E-state index contributed by atoms with van der Waals surface area (Å²) < 4.78 is 0. The monoisotopic (exact) mass is 528 g/mol. The van der Waals surface area contributed by atoms with Crippen LogP contribution in [0, 0.1) is 47.3 Å². The zero-order chi connectivity index (χ0) is 27.4. The maximum atomic E-state index is 4.36. The van der Waals surface area contributed by atoms with Crippen molar-refractivity contribution in [1.82, 2.24) is 0 Å². The van der Waals surface area contributed by atoms with Crippen molar-refractivity contribution in [3.05, 3.63) is 106 Å². The van der Waals surface area contributed by atoms with Gasteiger partial charge in [-0.05, 0) is 144 Å². The van der Waals surface area contributed by atoms with E-state index >= 15 is 0 Å². The molecule has 1 fully saturated rings. The third-order valence-electron chi connectivity index (χ3n) is 12.1. The summed E-state index contributed by atoms with van der Waals surface area (Å²) in [5.74, 6) is 5.62. The molecule has 208 valence electrons. The van der Waals surface area contributed by atoms with E-state index in [1.54, 1.807) is 11.1 Å². The minimum absolute atomic E-state index is 0.530. The highest BCUT2D eigenvalue weighted by molar-refractivity contribution is 5.49. The van der Waals surface area contributed by atoms with Crippen LogP contribution in [0.5, 0.6) is 0 Å². The Morgan fingerprint density at radius 3 is 2.08 bits per heavy atom. The van der Waals surface area contributed by atoms with E-state index in [0.717, 1.165) is 36.0 Å². The van der Waals surface area contributed by atoms with Crippen molar-refractivity contribution in [1.29, 1.82) is 0 Å². The Bertz CT molecular complexity index is 1350. The smallest absolute Gasteiger partial charge is 0.0137 e. The van der Waals surface area contributed by atoms with Gasteiger partial charge in [0, 0.05) is 17.4 Å². The van der Waals surface area contributed by atoms with E-state index in [-0.39, 0.29) is 0 Å². The summed E-state index contributed by atoms with van der Waals surface area (Å²) in [6.07, 6.45) is 29.9. The third-order valence-corrected chi connectivity index (χ3v) is 12.1. The first kappa shape index (κ1) is 26.4. The number of rotatable bonds is 6. The lowest BCUT2D eigenvalue weighted by Gasteiger charge is -2.58. The maximum absolute atomic E-state index is 4.36. The summed E-state index contributed by atoms with van der Waals surface area (Å²) >= 11 is 0. The quantitative estimate of drug-likeness (QED) is 0.237. The highest BCUT2D eigenvalue weighted by Crippen LogP contribution is 2.65. The lowest BCUT2D eigenvalue weighted by atomic mass is 9.46. The van der Waals surface area contributed by atoms with Crippen LogP contribution in [0.3, 0.4) is 0 Å². The second kappa shape index (κ2) is 10.7. The molecular weight excluding hydrogens is 480 g/mol. The van der Waals surface area contributed by atoms with Crippen LogP contribution in [0.15, 0.2) is 106 Å². The molecule has 8 atom stereocenters. The van der Waals surface area contributed by atoms with Gasteiger partial charge in [-0.25, -0.2) is 0 Å². The minimum atomic E-state index is 0.530. The molecule has 0 amide bonds. The van der Waals surface area contributed by atoms with Crippen LogP contribution >= 0.6 is 0 Å². The predicted octanol–water partition coefficient (Wildman–Crippen LogP) is 10.7. The van der Waals surface area contributed by atoms with Crippen LogP contribution in [0.1, 0.15) is 90.9 Å².